The van der Waals surface area contributed by atoms with Gasteiger partial charge in [0.15, 0.2) is 0 Å². The first-order valence-corrected chi connectivity index (χ1v) is 11.6. The maximum Gasteiger partial charge on any atom is 0.490 e. The number of nitrogens with zero attached hydrogens (tertiary/aromatic N) is 2. The number of likely N-dealkylation sites (tertiary alicyclic amines) is 1. The summed E-state index contributed by atoms with van der Waals surface area (Å²) in [7, 11) is 0. The summed E-state index contributed by atoms with van der Waals surface area (Å²) in [6.45, 7) is 3.13. The number of halogens is 3. The number of fused-ring (bicyclic) bond motifs is 1. The third-order valence-corrected chi connectivity index (χ3v) is 6.00. The average molecular weight is 497 g/mol. The molecule has 3 aromatic carbocycles. The molecule has 1 fully saturated rings. The van der Waals surface area contributed by atoms with E-state index in [4.69, 9.17) is 20.6 Å². The van der Waals surface area contributed by atoms with Crippen molar-refractivity contribution in [3.8, 4) is 22.5 Å². The summed E-state index contributed by atoms with van der Waals surface area (Å²) in [4.78, 5) is 19.5. The summed E-state index contributed by atoms with van der Waals surface area (Å²) in [5.74, 6) is -1.85. The number of H-pyrrole nitrogens is 1. The smallest absolute Gasteiger partial charge is 0.475 e. The summed E-state index contributed by atoms with van der Waals surface area (Å²) in [6, 6.07) is 25.9. The highest BCUT2D eigenvalue weighted by molar-refractivity contribution is 5.80. The number of hydrogen-bond acceptors (Lipinski definition) is 4. The van der Waals surface area contributed by atoms with Crippen molar-refractivity contribution in [1.29, 1.82) is 0 Å². The molecular weight excluding hydrogens is 469 g/mol. The minimum atomic E-state index is -5.08. The van der Waals surface area contributed by atoms with E-state index in [2.05, 4.69) is 64.5 Å². The average Bonchev–Trinajstić information content (AvgIpc) is 3.29. The van der Waals surface area contributed by atoms with Crippen LogP contribution in [0.3, 0.4) is 0 Å². The summed E-state index contributed by atoms with van der Waals surface area (Å²) >= 11 is 0. The van der Waals surface area contributed by atoms with Gasteiger partial charge in [-0.3, -0.25) is 4.90 Å². The van der Waals surface area contributed by atoms with E-state index < -0.39 is 12.1 Å². The zero-order chi connectivity index (χ0) is 25.7. The summed E-state index contributed by atoms with van der Waals surface area (Å²) in [5.41, 5.74) is 13.0. The number of carboxylic acids is 1. The van der Waals surface area contributed by atoms with Crippen molar-refractivity contribution in [2.45, 2.75) is 31.6 Å². The standard InChI is InChI=1S/C25H26N4.C2HF3O2/c26-22-7-4-14-29(17-22)16-18-10-12-19(13-11-18)20-5-3-6-21(15-20)25-27-23-8-1-2-9-24(23)28-25;3-2(4,5)1(6)7/h1-3,5-6,8-13,15,22H,4,7,14,16-17,26H2,(H,27,28);(H,6,7). The number of aromatic nitrogens is 2. The van der Waals surface area contributed by atoms with E-state index in [1.54, 1.807) is 0 Å². The van der Waals surface area contributed by atoms with Crippen molar-refractivity contribution in [2.24, 2.45) is 5.73 Å². The highest BCUT2D eigenvalue weighted by Gasteiger charge is 2.38. The lowest BCUT2D eigenvalue weighted by atomic mass is 10.0. The summed E-state index contributed by atoms with van der Waals surface area (Å²) in [6.07, 6.45) is -2.73. The van der Waals surface area contributed by atoms with Gasteiger partial charge in [-0.15, -0.1) is 0 Å². The first-order chi connectivity index (χ1) is 17.2. The Morgan fingerprint density at radius 1 is 1.03 bits per heavy atom. The van der Waals surface area contributed by atoms with Crippen molar-refractivity contribution >= 4 is 17.0 Å². The van der Waals surface area contributed by atoms with Crippen LogP contribution in [0.25, 0.3) is 33.5 Å². The number of alkyl halides is 3. The fourth-order valence-corrected chi connectivity index (χ4v) is 4.23. The number of piperidine rings is 1. The van der Waals surface area contributed by atoms with Crippen LogP contribution < -0.4 is 5.73 Å². The van der Waals surface area contributed by atoms with E-state index in [-0.39, 0.29) is 0 Å². The highest BCUT2D eigenvalue weighted by atomic mass is 19.4. The molecule has 2 heterocycles. The Bertz CT molecular complexity index is 1290. The zero-order valence-electron chi connectivity index (χ0n) is 19.5. The molecule has 4 N–H and O–H groups in total. The minimum Gasteiger partial charge on any atom is -0.475 e. The molecule has 36 heavy (non-hydrogen) atoms. The van der Waals surface area contributed by atoms with Crippen LogP contribution >= 0.6 is 0 Å². The molecule has 0 bridgehead atoms. The number of para-hydroxylation sites is 2. The van der Waals surface area contributed by atoms with Gasteiger partial charge in [-0.1, -0.05) is 54.6 Å². The van der Waals surface area contributed by atoms with E-state index in [0.29, 0.717) is 6.04 Å². The third kappa shape index (κ3) is 6.50. The van der Waals surface area contributed by atoms with Crippen LogP contribution in [0.1, 0.15) is 18.4 Å². The van der Waals surface area contributed by atoms with E-state index in [1.165, 1.54) is 23.1 Å². The number of aliphatic carboxylic acids is 1. The molecule has 1 aliphatic rings. The second kappa shape index (κ2) is 10.9. The number of carbonyl (C=O) groups is 1. The Labute approximate surface area is 206 Å². The summed E-state index contributed by atoms with van der Waals surface area (Å²) in [5, 5.41) is 7.12. The van der Waals surface area contributed by atoms with Crippen LogP contribution in [0.15, 0.2) is 72.8 Å². The van der Waals surface area contributed by atoms with Crippen LogP contribution in [0.5, 0.6) is 0 Å². The van der Waals surface area contributed by atoms with Gasteiger partial charge in [0.05, 0.1) is 11.0 Å². The van der Waals surface area contributed by atoms with Crippen LogP contribution in [-0.2, 0) is 11.3 Å². The zero-order valence-corrected chi connectivity index (χ0v) is 19.5. The molecule has 1 unspecified atom stereocenters. The van der Waals surface area contributed by atoms with Crippen LogP contribution in [0.4, 0.5) is 13.2 Å². The minimum absolute atomic E-state index is 0.323. The third-order valence-electron chi connectivity index (χ3n) is 6.00. The predicted octanol–water partition coefficient (Wildman–Crippen LogP) is 5.45. The largest absolute Gasteiger partial charge is 0.490 e. The number of benzene rings is 3. The Balaban J connectivity index is 0.000000384. The lowest BCUT2D eigenvalue weighted by Gasteiger charge is -2.30. The van der Waals surface area contributed by atoms with E-state index in [9.17, 15) is 13.2 Å². The van der Waals surface area contributed by atoms with Gasteiger partial charge in [0, 0.05) is 24.7 Å². The van der Waals surface area contributed by atoms with Gasteiger partial charge in [0.1, 0.15) is 5.82 Å². The van der Waals surface area contributed by atoms with Gasteiger partial charge in [-0.25, -0.2) is 9.78 Å². The van der Waals surface area contributed by atoms with Crippen molar-refractivity contribution < 1.29 is 23.1 Å². The molecule has 1 atom stereocenters. The molecule has 0 saturated carbocycles. The van der Waals surface area contributed by atoms with E-state index in [1.807, 2.05) is 18.2 Å². The Morgan fingerprint density at radius 3 is 2.39 bits per heavy atom. The first-order valence-electron chi connectivity index (χ1n) is 11.6. The molecule has 9 heteroatoms. The monoisotopic (exact) mass is 496 g/mol. The molecule has 0 amide bonds. The number of carboxylic acid groups (broad SMARTS) is 1. The van der Waals surface area contributed by atoms with Crippen molar-refractivity contribution in [1.82, 2.24) is 14.9 Å². The first kappa shape index (κ1) is 25.4. The van der Waals surface area contributed by atoms with Crippen LogP contribution in [0, 0.1) is 0 Å². The summed E-state index contributed by atoms with van der Waals surface area (Å²) < 4.78 is 31.7. The maximum absolute atomic E-state index is 10.6. The van der Waals surface area contributed by atoms with Gasteiger partial charge in [-0.2, -0.15) is 13.2 Å². The van der Waals surface area contributed by atoms with Gasteiger partial charge >= 0.3 is 12.1 Å². The molecule has 1 aliphatic heterocycles. The lowest BCUT2D eigenvalue weighted by Crippen LogP contribution is -2.42. The number of nitrogens with two attached hydrogens (primary N) is 1. The van der Waals surface area contributed by atoms with Crippen molar-refractivity contribution in [2.75, 3.05) is 13.1 Å². The quantitative estimate of drug-likeness (QED) is 0.349. The molecule has 1 saturated heterocycles. The normalized spacial score (nSPS) is 16.4. The Hall–Kier alpha value is -3.69. The molecule has 6 nitrogen and oxygen atoms in total. The highest BCUT2D eigenvalue weighted by Crippen LogP contribution is 2.27. The van der Waals surface area contributed by atoms with Gasteiger partial charge in [0.2, 0.25) is 0 Å². The number of hydrogen-bond donors (Lipinski definition) is 3. The molecule has 0 spiro atoms. The maximum atomic E-state index is 10.6. The van der Waals surface area contributed by atoms with E-state index >= 15 is 0 Å². The van der Waals surface area contributed by atoms with E-state index in [0.717, 1.165) is 48.5 Å². The van der Waals surface area contributed by atoms with Crippen molar-refractivity contribution in [3.05, 3.63) is 78.4 Å². The van der Waals surface area contributed by atoms with Crippen LogP contribution in [-0.4, -0.2) is 51.3 Å². The number of rotatable bonds is 4. The molecule has 5 rings (SSSR count). The second-order valence-electron chi connectivity index (χ2n) is 8.82. The van der Waals surface area contributed by atoms with Gasteiger partial charge in [-0.05, 0) is 54.3 Å². The molecule has 0 aliphatic carbocycles. The second-order valence-corrected chi connectivity index (χ2v) is 8.82. The fourth-order valence-electron chi connectivity index (χ4n) is 4.23. The number of aromatic amines is 1. The molecular formula is C27H27F3N4O2. The molecule has 1 aromatic heterocycles. The van der Waals surface area contributed by atoms with Crippen molar-refractivity contribution in [3.63, 3.8) is 0 Å². The topological polar surface area (TPSA) is 95.2 Å². The number of nitrogens with one attached hydrogen (secondary N) is 1. The van der Waals surface area contributed by atoms with Gasteiger partial charge < -0.3 is 15.8 Å². The number of imidazole rings is 1. The van der Waals surface area contributed by atoms with Crippen LogP contribution in [0.2, 0.25) is 0 Å². The molecule has 188 valence electrons. The molecule has 0 radical (unpaired) electrons. The SMILES string of the molecule is NC1CCCN(Cc2ccc(-c3cccc(-c4nc5ccccc5[nH]4)c3)cc2)C1.O=C(O)C(F)(F)F. The molecule has 4 aromatic rings. The predicted molar refractivity (Wildman–Crippen MR) is 133 cm³/mol. The van der Waals surface area contributed by atoms with Gasteiger partial charge in [0.25, 0.3) is 0 Å². The lowest BCUT2D eigenvalue weighted by molar-refractivity contribution is -0.192. The Kier molecular flexibility index (Phi) is 7.71. The fraction of sp³-hybridized carbons (Fsp3) is 0.259. The Morgan fingerprint density at radius 2 is 1.72 bits per heavy atom.